The van der Waals surface area contributed by atoms with Gasteiger partial charge < -0.3 is 14.4 Å². The van der Waals surface area contributed by atoms with Crippen LogP contribution in [0, 0.1) is 0 Å². The van der Waals surface area contributed by atoms with E-state index in [9.17, 15) is 5.11 Å². The van der Waals surface area contributed by atoms with Crippen molar-refractivity contribution < 1.29 is 14.4 Å². The number of nitrogens with one attached hydrogen (secondary N) is 1. The zero-order valence-electron chi connectivity index (χ0n) is 18.4. The monoisotopic (exact) mass is 477 g/mol. The Kier molecular flexibility index (Phi) is 6.30. The van der Waals surface area contributed by atoms with Gasteiger partial charge in [-0.05, 0) is 35.4 Å². The fourth-order valence-electron chi connectivity index (χ4n) is 4.48. The van der Waals surface area contributed by atoms with Gasteiger partial charge in [-0.25, -0.2) is 4.98 Å². The number of aliphatic hydroxyl groups is 1. The Balaban J connectivity index is 1.24. The van der Waals surface area contributed by atoms with Gasteiger partial charge in [0.05, 0.1) is 19.8 Å². The summed E-state index contributed by atoms with van der Waals surface area (Å²) in [6, 6.07) is 23.8. The number of fused-ring (bicyclic) bond motifs is 3. The van der Waals surface area contributed by atoms with E-state index < -0.39 is 5.60 Å². The number of hydrogen-bond donors (Lipinski definition) is 2. The van der Waals surface area contributed by atoms with E-state index in [2.05, 4.69) is 24.2 Å². The van der Waals surface area contributed by atoms with E-state index in [-0.39, 0.29) is 0 Å². The third-order valence-corrected chi connectivity index (χ3v) is 7.44. The maximum absolute atomic E-state index is 11.8. The topological polar surface area (TPSA) is 50.7 Å². The molecule has 0 radical (unpaired) electrons. The van der Waals surface area contributed by atoms with Crippen LogP contribution in [0.1, 0.15) is 29.2 Å². The van der Waals surface area contributed by atoms with Crippen LogP contribution in [0.2, 0.25) is 5.02 Å². The number of hydrogen-bond acceptors (Lipinski definition) is 4. The SMILES string of the molecule is C[NH+](CCCSc1ccc(Cl)cc1)Cc1cnc(C2(O)c3ccccc3-c3ccccc32)o1. The van der Waals surface area contributed by atoms with Crippen molar-refractivity contribution in [2.24, 2.45) is 0 Å². The molecule has 5 rings (SSSR count). The molecule has 2 N–H and O–H groups in total. The van der Waals surface area contributed by atoms with Gasteiger partial charge in [0.1, 0.15) is 6.54 Å². The van der Waals surface area contributed by atoms with Crippen LogP contribution in [0.3, 0.4) is 0 Å². The number of quaternary nitrogens is 1. The van der Waals surface area contributed by atoms with Gasteiger partial charge in [-0.15, -0.1) is 11.8 Å². The Hall–Kier alpha value is -2.57. The van der Waals surface area contributed by atoms with Crippen LogP contribution >= 0.6 is 23.4 Å². The average Bonchev–Trinajstić information content (AvgIpc) is 3.40. The standard InChI is InChI=1S/C27H25ClN2O2S/c1-30(15-6-16-33-21-13-11-19(28)12-14-21)18-20-17-29-26(32-20)27(31)24-9-4-2-7-22(24)23-8-3-5-10-25(23)27/h2-5,7-14,17,31H,6,15-16,18H2,1H3/p+1. The van der Waals surface area contributed by atoms with E-state index in [1.807, 2.05) is 72.4 Å². The molecule has 1 aliphatic rings. The second-order valence-corrected chi connectivity index (χ2v) is 10.1. The number of aromatic nitrogens is 1. The summed E-state index contributed by atoms with van der Waals surface area (Å²) in [6.07, 6.45) is 2.84. The highest BCUT2D eigenvalue weighted by Gasteiger charge is 2.46. The molecular weight excluding hydrogens is 452 g/mol. The molecule has 4 nitrogen and oxygen atoms in total. The predicted octanol–water partition coefficient (Wildman–Crippen LogP) is 4.79. The molecule has 6 heteroatoms. The summed E-state index contributed by atoms with van der Waals surface area (Å²) in [4.78, 5) is 7.10. The van der Waals surface area contributed by atoms with Crippen LogP contribution in [0.15, 0.2) is 88.3 Å². The quantitative estimate of drug-likeness (QED) is 0.283. The van der Waals surface area contributed by atoms with Crippen LogP contribution in [0.5, 0.6) is 0 Å². The molecule has 168 valence electrons. The molecule has 0 bridgehead atoms. The van der Waals surface area contributed by atoms with Gasteiger partial charge in [0.25, 0.3) is 0 Å². The maximum Gasteiger partial charge on any atom is 0.236 e. The van der Waals surface area contributed by atoms with Crippen LogP contribution in [-0.4, -0.2) is 29.4 Å². The second-order valence-electron chi connectivity index (χ2n) is 8.47. The van der Waals surface area contributed by atoms with E-state index in [1.165, 1.54) is 9.80 Å². The van der Waals surface area contributed by atoms with E-state index in [0.717, 1.165) is 58.3 Å². The number of nitrogens with zero attached hydrogens (tertiary/aromatic N) is 1. The van der Waals surface area contributed by atoms with E-state index in [4.69, 9.17) is 16.0 Å². The van der Waals surface area contributed by atoms with Crippen LogP contribution in [-0.2, 0) is 12.1 Å². The van der Waals surface area contributed by atoms with Gasteiger partial charge in [-0.2, -0.15) is 0 Å². The summed E-state index contributed by atoms with van der Waals surface area (Å²) in [6.45, 7) is 1.74. The highest BCUT2D eigenvalue weighted by Crippen LogP contribution is 2.50. The van der Waals surface area contributed by atoms with Crippen molar-refractivity contribution in [3.8, 4) is 11.1 Å². The second kappa shape index (κ2) is 9.35. The molecule has 0 aliphatic heterocycles. The summed E-state index contributed by atoms with van der Waals surface area (Å²) in [7, 11) is 2.16. The van der Waals surface area contributed by atoms with Gasteiger partial charge in [-0.1, -0.05) is 60.1 Å². The van der Waals surface area contributed by atoms with Gasteiger partial charge >= 0.3 is 0 Å². The first-order chi connectivity index (χ1) is 16.1. The predicted molar refractivity (Wildman–Crippen MR) is 133 cm³/mol. The number of thioether (sulfide) groups is 1. The lowest BCUT2D eigenvalue weighted by atomic mass is 9.91. The van der Waals surface area contributed by atoms with Crippen LogP contribution in [0.25, 0.3) is 11.1 Å². The molecule has 1 atom stereocenters. The lowest BCUT2D eigenvalue weighted by Gasteiger charge is -2.22. The third kappa shape index (κ3) is 4.34. The van der Waals surface area contributed by atoms with Crippen molar-refractivity contribution >= 4 is 23.4 Å². The van der Waals surface area contributed by atoms with E-state index in [1.54, 1.807) is 6.20 Å². The molecule has 0 amide bonds. The summed E-state index contributed by atoms with van der Waals surface area (Å²) in [5, 5.41) is 12.6. The van der Waals surface area contributed by atoms with Crippen molar-refractivity contribution in [2.45, 2.75) is 23.5 Å². The van der Waals surface area contributed by atoms with Gasteiger partial charge in [0.15, 0.2) is 11.4 Å². The highest BCUT2D eigenvalue weighted by atomic mass is 35.5. The van der Waals surface area contributed by atoms with Gasteiger partial charge in [0.2, 0.25) is 5.89 Å². The van der Waals surface area contributed by atoms with Crippen LogP contribution < -0.4 is 4.90 Å². The smallest absolute Gasteiger partial charge is 0.236 e. The number of benzene rings is 3. The number of oxazole rings is 1. The molecule has 1 heterocycles. The number of rotatable bonds is 8. The van der Waals surface area contributed by atoms with Gasteiger partial charge in [0, 0.05) is 33.2 Å². The van der Waals surface area contributed by atoms with Gasteiger partial charge in [-0.3, -0.25) is 0 Å². The molecule has 33 heavy (non-hydrogen) atoms. The van der Waals surface area contributed by atoms with Crippen molar-refractivity contribution in [1.29, 1.82) is 0 Å². The lowest BCUT2D eigenvalue weighted by Crippen LogP contribution is -3.07. The van der Waals surface area contributed by atoms with Crippen molar-refractivity contribution in [2.75, 3.05) is 19.3 Å². The first kappa shape index (κ1) is 22.2. The van der Waals surface area contributed by atoms with Crippen molar-refractivity contribution in [3.63, 3.8) is 0 Å². The minimum absolute atomic E-state index is 0.334. The molecule has 0 saturated heterocycles. The zero-order valence-corrected chi connectivity index (χ0v) is 20.0. The van der Waals surface area contributed by atoms with Crippen LogP contribution in [0.4, 0.5) is 0 Å². The summed E-state index contributed by atoms with van der Waals surface area (Å²) in [5.74, 6) is 2.16. The largest absolute Gasteiger partial charge is 0.436 e. The molecule has 1 unspecified atom stereocenters. The molecule has 3 aromatic carbocycles. The summed E-state index contributed by atoms with van der Waals surface area (Å²) < 4.78 is 6.14. The lowest BCUT2D eigenvalue weighted by molar-refractivity contribution is -0.894. The average molecular weight is 478 g/mol. The Morgan fingerprint density at radius 3 is 2.27 bits per heavy atom. The molecule has 0 saturated carbocycles. The summed E-state index contributed by atoms with van der Waals surface area (Å²) >= 11 is 7.79. The highest BCUT2D eigenvalue weighted by molar-refractivity contribution is 7.99. The molecular formula is C27H26ClN2O2S+. The molecule has 0 fully saturated rings. The Morgan fingerprint density at radius 2 is 1.61 bits per heavy atom. The normalized spacial score (nSPS) is 14.6. The molecule has 0 spiro atoms. The molecule has 1 aliphatic carbocycles. The minimum Gasteiger partial charge on any atom is -0.436 e. The Bertz CT molecular complexity index is 1210. The van der Waals surface area contributed by atoms with E-state index in [0.29, 0.717) is 5.89 Å². The Morgan fingerprint density at radius 1 is 0.970 bits per heavy atom. The zero-order chi connectivity index (χ0) is 22.8. The van der Waals surface area contributed by atoms with Crippen molar-refractivity contribution in [3.05, 3.63) is 107 Å². The summed E-state index contributed by atoms with van der Waals surface area (Å²) in [5.41, 5.74) is 2.32. The Labute approximate surface area is 203 Å². The molecule has 1 aromatic heterocycles. The van der Waals surface area contributed by atoms with E-state index >= 15 is 0 Å². The first-order valence-corrected chi connectivity index (χ1v) is 12.5. The number of halogens is 1. The van der Waals surface area contributed by atoms with Crippen molar-refractivity contribution in [1.82, 2.24) is 4.98 Å². The minimum atomic E-state index is -1.37. The third-order valence-electron chi connectivity index (χ3n) is 6.09. The fraction of sp³-hybridized carbons (Fsp3) is 0.222. The molecule has 4 aromatic rings. The first-order valence-electron chi connectivity index (χ1n) is 11.1. The maximum atomic E-state index is 11.8. The fourth-order valence-corrected chi connectivity index (χ4v) is 5.46.